The first kappa shape index (κ1) is 19.1. The Hall–Kier alpha value is -2.22. The van der Waals surface area contributed by atoms with E-state index in [2.05, 4.69) is 32.0 Å². The van der Waals surface area contributed by atoms with E-state index < -0.39 is 0 Å². The van der Waals surface area contributed by atoms with Crippen molar-refractivity contribution in [2.24, 2.45) is 7.05 Å². The molecule has 0 radical (unpaired) electrons. The lowest BCUT2D eigenvalue weighted by atomic mass is 10.1. The van der Waals surface area contributed by atoms with Gasteiger partial charge in [0.05, 0.1) is 0 Å². The van der Waals surface area contributed by atoms with Crippen LogP contribution in [0.4, 0.5) is 0 Å². The first-order valence-corrected chi connectivity index (χ1v) is 11.0. The van der Waals surface area contributed by atoms with Crippen molar-refractivity contribution < 1.29 is 0 Å². The molecule has 4 rings (SSSR count). The number of rotatable bonds is 4. The van der Waals surface area contributed by atoms with Crippen LogP contribution in [0.2, 0.25) is 0 Å². The monoisotopic (exact) mass is 425 g/mol. The molecule has 0 atom stereocenters. The van der Waals surface area contributed by atoms with Gasteiger partial charge in [-0.25, -0.2) is 4.98 Å². The molecule has 0 unspecified atom stereocenters. The van der Waals surface area contributed by atoms with Crippen molar-refractivity contribution in [2.45, 2.75) is 24.8 Å². The molecular formula is C21H19N3OS3. The van der Waals surface area contributed by atoms with Crippen LogP contribution in [0.15, 0.2) is 58.5 Å². The predicted octanol–water partition coefficient (Wildman–Crippen LogP) is 5.42. The van der Waals surface area contributed by atoms with Crippen molar-refractivity contribution in [1.82, 2.24) is 14.1 Å². The molecule has 0 saturated carbocycles. The first-order chi connectivity index (χ1) is 13.5. The van der Waals surface area contributed by atoms with Crippen molar-refractivity contribution in [3.8, 4) is 5.69 Å². The first-order valence-electron chi connectivity index (χ1n) is 8.82. The van der Waals surface area contributed by atoms with Gasteiger partial charge in [0.2, 0.25) is 0 Å². The van der Waals surface area contributed by atoms with Crippen molar-refractivity contribution in [3.63, 3.8) is 0 Å². The van der Waals surface area contributed by atoms with E-state index in [9.17, 15) is 4.79 Å². The van der Waals surface area contributed by atoms with Crippen molar-refractivity contribution in [1.29, 1.82) is 0 Å². The summed E-state index contributed by atoms with van der Waals surface area (Å²) in [6, 6.07) is 16.3. The zero-order valence-corrected chi connectivity index (χ0v) is 18.3. The van der Waals surface area contributed by atoms with Crippen LogP contribution < -0.4 is 5.56 Å². The second-order valence-electron chi connectivity index (χ2n) is 6.67. The number of hydrogen-bond acceptors (Lipinski definition) is 5. The van der Waals surface area contributed by atoms with Gasteiger partial charge in [0.1, 0.15) is 4.70 Å². The quantitative estimate of drug-likeness (QED) is 0.248. The van der Waals surface area contributed by atoms with Crippen LogP contribution in [-0.2, 0) is 12.8 Å². The van der Waals surface area contributed by atoms with Gasteiger partial charge in [-0.1, -0.05) is 65.1 Å². The fourth-order valence-electron chi connectivity index (χ4n) is 3.04. The summed E-state index contributed by atoms with van der Waals surface area (Å²) in [5.74, 6) is 0.759. The van der Waals surface area contributed by atoms with Crippen LogP contribution in [0.25, 0.3) is 16.0 Å². The number of para-hydroxylation sites is 1. The van der Waals surface area contributed by atoms with Crippen LogP contribution in [0.3, 0.4) is 0 Å². The summed E-state index contributed by atoms with van der Waals surface area (Å²) in [7, 11) is 1.77. The average Bonchev–Trinajstić information content (AvgIpc) is 3.02. The molecular weight excluding hydrogens is 406 g/mol. The minimum absolute atomic E-state index is 0.0563. The zero-order valence-electron chi connectivity index (χ0n) is 15.8. The zero-order chi connectivity index (χ0) is 19.8. The number of fused-ring (bicyclic) bond motifs is 1. The van der Waals surface area contributed by atoms with E-state index in [1.165, 1.54) is 28.0 Å². The molecule has 0 aliphatic heterocycles. The van der Waals surface area contributed by atoms with Crippen LogP contribution in [0.1, 0.15) is 16.7 Å². The normalized spacial score (nSPS) is 11.2. The van der Waals surface area contributed by atoms with Gasteiger partial charge in [0.25, 0.3) is 5.56 Å². The molecule has 2 heterocycles. The van der Waals surface area contributed by atoms with Gasteiger partial charge < -0.3 is 0 Å². The summed E-state index contributed by atoms with van der Waals surface area (Å²) in [4.78, 5) is 17.8. The summed E-state index contributed by atoms with van der Waals surface area (Å²) < 4.78 is 4.73. The summed E-state index contributed by atoms with van der Waals surface area (Å²) in [6.07, 6.45) is 0. The molecule has 4 aromatic rings. The van der Waals surface area contributed by atoms with E-state index in [0.717, 1.165) is 11.4 Å². The van der Waals surface area contributed by atoms with Gasteiger partial charge in [0, 0.05) is 18.5 Å². The highest BCUT2D eigenvalue weighted by molar-refractivity contribution is 7.98. The Morgan fingerprint density at radius 2 is 1.89 bits per heavy atom. The smallest absolute Gasteiger partial charge is 0.273 e. The highest BCUT2D eigenvalue weighted by atomic mass is 32.2. The highest BCUT2D eigenvalue weighted by Gasteiger charge is 2.16. The number of nitrogens with zero attached hydrogens (tertiary/aromatic N) is 3. The molecule has 0 saturated heterocycles. The maximum absolute atomic E-state index is 12.9. The molecule has 0 fully saturated rings. The van der Waals surface area contributed by atoms with Gasteiger partial charge in [-0.3, -0.25) is 13.9 Å². The number of aromatic nitrogens is 3. The molecule has 7 heteroatoms. The molecule has 2 aromatic heterocycles. The third-order valence-corrected chi connectivity index (χ3v) is 7.08. The maximum Gasteiger partial charge on any atom is 0.273 e. The summed E-state index contributed by atoms with van der Waals surface area (Å²) >= 11 is 8.43. The summed E-state index contributed by atoms with van der Waals surface area (Å²) in [5, 5.41) is 0.691. The number of thioether (sulfide) groups is 1. The number of hydrogen-bond donors (Lipinski definition) is 0. The SMILES string of the molecule is Cc1ccc(C)c(CSc2nc3c(sc(=S)n3-c3ccccc3)c(=O)n2C)c1. The highest BCUT2D eigenvalue weighted by Crippen LogP contribution is 2.27. The van der Waals surface area contributed by atoms with Gasteiger partial charge in [0.15, 0.2) is 14.8 Å². The Bertz CT molecular complexity index is 1290. The van der Waals surface area contributed by atoms with Crippen LogP contribution in [-0.4, -0.2) is 14.1 Å². The Morgan fingerprint density at radius 3 is 2.64 bits per heavy atom. The molecule has 0 bridgehead atoms. The number of thiazole rings is 1. The lowest BCUT2D eigenvalue weighted by Crippen LogP contribution is -2.19. The van der Waals surface area contributed by atoms with Crippen molar-refractivity contribution in [2.75, 3.05) is 0 Å². The summed E-state index contributed by atoms with van der Waals surface area (Å²) in [6.45, 7) is 4.20. The fourth-order valence-corrected chi connectivity index (χ4v) is 5.42. The van der Waals surface area contributed by atoms with E-state index in [1.807, 2.05) is 34.9 Å². The summed E-state index contributed by atoms with van der Waals surface area (Å²) in [5.41, 5.74) is 5.22. The topological polar surface area (TPSA) is 39.8 Å². The Labute approximate surface area is 176 Å². The van der Waals surface area contributed by atoms with Crippen molar-refractivity contribution in [3.05, 3.63) is 79.5 Å². The lowest BCUT2D eigenvalue weighted by Gasteiger charge is -2.10. The van der Waals surface area contributed by atoms with E-state index in [0.29, 0.717) is 19.5 Å². The largest absolute Gasteiger partial charge is 0.289 e. The Kier molecular flexibility index (Phi) is 5.23. The van der Waals surface area contributed by atoms with Crippen molar-refractivity contribution >= 4 is 45.7 Å². The third kappa shape index (κ3) is 3.45. The lowest BCUT2D eigenvalue weighted by molar-refractivity contribution is 0.722. The molecule has 0 N–H and O–H groups in total. The van der Waals surface area contributed by atoms with Crippen LogP contribution >= 0.6 is 35.3 Å². The van der Waals surface area contributed by atoms with Gasteiger partial charge >= 0.3 is 0 Å². The third-order valence-electron chi connectivity index (χ3n) is 4.65. The Morgan fingerprint density at radius 1 is 1.14 bits per heavy atom. The van der Waals surface area contributed by atoms with Crippen LogP contribution in [0.5, 0.6) is 0 Å². The molecule has 4 nitrogen and oxygen atoms in total. The maximum atomic E-state index is 12.9. The van der Waals surface area contributed by atoms with E-state index in [4.69, 9.17) is 17.2 Å². The minimum atomic E-state index is -0.0563. The van der Waals surface area contributed by atoms with E-state index in [1.54, 1.807) is 23.4 Å². The predicted molar refractivity (Wildman–Crippen MR) is 120 cm³/mol. The van der Waals surface area contributed by atoms with Crippen LogP contribution in [0, 0.1) is 17.8 Å². The average molecular weight is 426 g/mol. The second kappa shape index (κ2) is 7.66. The van der Waals surface area contributed by atoms with Gasteiger partial charge in [-0.15, -0.1) is 0 Å². The molecule has 0 amide bonds. The minimum Gasteiger partial charge on any atom is -0.289 e. The second-order valence-corrected chi connectivity index (χ2v) is 9.26. The van der Waals surface area contributed by atoms with E-state index >= 15 is 0 Å². The molecule has 2 aromatic carbocycles. The van der Waals surface area contributed by atoms with Gasteiger partial charge in [-0.05, 0) is 49.3 Å². The fraction of sp³-hybridized carbons (Fsp3) is 0.190. The van der Waals surface area contributed by atoms with Gasteiger partial charge in [-0.2, -0.15) is 0 Å². The molecule has 0 spiro atoms. The molecule has 0 aliphatic carbocycles. The van der Waals surface area contributed by atoms with E-state index in [-0.39, 0.29) is 5.56 Å². The molecule has 0 aliphatic rings. The Balaban J connectivity index is 1.81. The number of aryl methyl sites for hydroxylation is 2. The molecule has 28 heavy (non-hydrogen) atoms. The standard InChI is InChI=1S/C21H19N3OS3/c1-13-9-10-14(2)15(11-13)12-27-20-22-18-17(19(25)23(20)3)28-21(26)24(18)16-7-5-4-6-8-16/h4-11H,12H2,1-3H3. The molecule has 142 valence electrons. The number of benzene rings is 2.